The van der Waals surface area contributed by atoms with E-state index in [1.165, 1.54) is 0 Å². The van der Waals surface area contributed by atoms with Crippen molar-refractivity contribution < 1.29 is 14.3 Å². The second-order valence-corrected chi connectivity index (χ2v) is 6.16. The summed E-state index contributed by atoms with van der Waals surface area (Å²) in [5, 5.41) is 3.32. The van der Waals surface area contributed by atoms with Crippen LogP contribution in [0.3, 0.4) is 0 Å². The van der Waals surface area contributed by atoms with Crippen molar-refractivity contribution in [2.24, 2.45) is 0 Å². The van der Waals surface area contributed by atoms with Crippen molar-refractivity contribution in [3.8, 4) is 11.5 Å². The number of aromatic nitrogens is 2. The summed E-state index contributed by atoms with van der Waals surface area (Å²) < 4.78 is 11.0. The quantitative estimate of drug-likeness (QED) is 0.752. The first-order valence-electron chi connectivity index (χ1n) is 7.97. The average Bonchev–Trinajstić information content (AvgIpc) is 3.03. The van der Waals surface area contributed by atoms with E-state index in [9.17, 15) is 4.79 Å². The Morgan fingerprint density at radius 2 is 2.08 bits per heavy atom. The van der Waals surface area contributed by atoms with Gasteiger partial charge in [0.25, 0.3) is 0 Å². The van der Waals surface area contributed by atoms with Crippen molar-refractivity contribution in [3.05, 3.63) is 52.8 Å². The lowest BCUT2D eigenvalue weighted by atomic mass is 10.1. The summed E-state index contributed by atoms with van der Waals surface area (Å²) in [5.74, 6) is 1.72. The third-order valence-electron chi connectivity index (χ3n) is 3.91. The molecular weight excluding hydrogens is 342 g/mol. The number of para-hydroxylation sites is 2. The molecule has 1 aliphatic rings. The first-order valence-corrected chi connectivity index (χ1v) is 8.35. The number of nitrogens with one attached hydrogen (secondary N) is 2. The number of imidazole rings is 1. The van der Waals surface area contributed by atoms with Gasteiger partial charge in [-0.15, -0.1) is 0 Å². The molecule has 7 heteroatoms. The van der Waals surface area contributed by atoms with Crippen LogP contribution in [0.15, 0.2) is 36.4 Å². The summed E-state index contributed by atoms with van der Waals surface area (Å²) in [7, 11) is 0. The first-order chi connectivity index (χ1) is 12.2. The van der Waals surface area contributed by atoms with Crippen LogP contribution in [0.1, 0.15) is 11.4 Å². The molecule has 0 saturated heterocycles. The zero-order valence-electron chi connectivity index (χ0n) is 13.3. The predicted octanol–water partition coefficient (Wildman–Crippen LogP) is 2.85. The number of amides is 1. The van der Waals surface area contributed by atoms with E-state index < -0.39 is 0 Å². The molecule has 1 amide bonds. The molecule has 2 heterocycles. The van der Waals surface area contributed by atoms with E-state index in [0.29, 0.717) is 36.3 Å². The molecule has 2 aromatic carbocycles. The molecule has 0 atom stereocenters. The fourth-order valence-electron chi connectivity index (χ4n) is 2.79. The highest BCUT2D eigenvalue weighted by molar-refractivity contribution is 6.32. The van der Waals surface area contributed by atoms with Crippen LogP contribution in [0.4, 0.5) is 0 Å². The first kappa shape index (κ1) is 15.8. The van der Waals surface area contributed by atoms with Gasteiger partial charge in [-0.05, 0) is 29.8 Å². The van der Waals surface area contributed by atoms with Crippen LogP contribution in [0, 0.1) is 0 Å². The molecule has 6 nitrogen and oxygen atoms in total. The Bertz CT molecular complexity index is 905. The van der Waals surface area contributed by atoms with Crippen LogP contribution < -0.4 is 14.8 Å². The molecule has 1 aromatic heterocycles. The van der Waals surface area contributed by atoms with Crippen molar-refractivity contribution in [2.75, 3.05) is 13.2 Å². The third-order valence-corrected chi connectivity index (χ3v) is 4.19. The van der Waals surface area contributed by atoms with Gasteiger partial charge in [0.15, 0.2) is 11.5 Å². The van der Waals surface area contributed by atoms with E-state index in [1.807, 2.05) is 24.3 Å². The van der Waals surface area contributed by atoms with E-state index in [1.54, 1.807) is 12.1 Å². The SMILES string of the molecule is O=C(Cc1cc(Cl)c2c(c1)OCCO2)NCc1nc2ccccc2[nH]1. The van der Waals surface area contributed by atoms with Gasteiger partial charge in [0.2, 0.25) is 5.91 Å². The summed E-state index contributed by atoms with van der Waals surface area (Å²) in [4.78, 5) is 19.8. The minimum Gasteiger partial charge on any atom is -0.486 e. The zero-order valence-corrected chi connectivity index (χ0v) is 14.1. The lowest BCUT2D eigenvalue weighted by Crippen LogP contribution is -2.25. The number of rotatable bonds is 4. The van der Waals surface area contributed by atoms with Crippen molar-refractivity contribution in [1.29, 1.82) is 0 Å². The number of nitrogens with zero attached hydrogens (tertiary/aromatic N) is 1. The molecular formula is C18H16ClN3O3. The van der Waals surface area contributed by atoms with E-state index in [-0.39, 0.29) is 12.3 Å². The largest absolute Gasteiger partial charge is 0.486 e. The van der Waals surface area contributed by atoms with E-state index in [0.717, 1.165) is 22.4 Å². The monoisotopic (exact) mass is 357 g/mol. The van der Waals surface area contributed by atoms with Gasteiger partial charge in [-0.1, -0.05) is 23.7 Å². The summed E-state index contributed by atoms with van der Waals surface area (Å²) in [5.41, 5.74) is 2.60. The van der Waals surface area contributed by atoms with Gasteiger partial charge in [0, 0.05) is 0 Å². The van der Waals surface area contributed by atoms with Crippen LogP contribution in [0.5, 0.6) is 11.5 Å². The minimum absolute atomic E-state index is 0.117. The Balaban J connectivity index is 1.41. The lowest BCUT2D eigenvalue weighted by Gasteiger charge is -2.20. The standard InChI is InChI=1S/C18H16ClN3O3/c19-12-7-11(8-15-18(12)25-6-5-24-15)9-17(23)20-10-16-21-13-3-1-2-4-14(13)22-16/h1-4,7-8H,5-6,9-10H2,(H,20,23)(H,21,22). The molecule has 128 valence electrons. The van der Waals surface area contributed by atoms with E-state index in [2.05, 4.69) is 15.3 Å². The second kappa shape index (κ2) is 6.64. The lowest BCUT2D eigenvalue weighted by molar-refractivity contribution is -0.120. The van der Waals surface area contributed by atoms with Crippen molar-refractivity contribution in [3.63, 3.8) is 0 Å². The minimum atomic E-state index is -0.117. The van der Waals surface area contributed by atoms with Gasteiger partial charge in [-0.25, -0.2) is 4.98 Å². The molecule has 2 N–H and O–H groups in total. The Kier molecular flexibility index (Phi) is 4.19. The maximum Gasteiger partial charge on any atom is 0.224 e. The molecule has 4 rings (SSSR count). The number of fused-ring (bicyclic) bond motifs is 2. The fourth-order valence-corrected chi connectivity index (χ4v) is 3.07. The molecule has 0 spiro atoms. The van der Waals surface area contributed by atoms with Crippen LogP contribution in [0.25, 0.3) is 11.0 Å². The molecule has 1 aliphatic heterocycles. The summed E-state index contributed by atoms with van der Waals surface area (Å²) in [6, 6.07) is 11.3. The van der Waals surface area contributed by atoms with Crippen LogP contribution in [0.2, 0.25) is 5.02 Å². The number of benzene rings is 2. The third kappa shape index (κ3) is 3.39. The average molecular weight is 358 g/mol. The van der Waals surface area contributed by atoms with Crippen molar-refractivity contribution >= 4 is 28.5 Å². The maximum absolute atomic E-state index is 12.2. The Morgan fingerprint density at radius 1 is 1.24 bits per heavy atom. The normalized spacial score (nSPS) is 13.0. The smallest absolute Gasteiger partial charge is 0.224 e. The number of ether oxygens (including phenoxy) is 2. The van der Waals surface area contributed by atoms with Gasteiger partial charge < -0.3 is 19.8 Å². The number of hydrogen-bond acceptors (Lipinski definition) is 4. The Morgan fingerprint density at radius 3 is 2.96 bits per heavy atom. The molecule has 0 bridgehead atoms. The molecule has 0 fully saturated rings. The number of carbonyl (C=O) groups is 1. The number of carbonyl (C=O) groups excluding carboxylic acids is 1. The van der Waals surface area contributed by atoms with Crippen LogP contribution in [-0.2, 0) is 17.8 Å². The topological polar surface area (TPSA) is 76.2 Å². The fraction of sp³-hybridized carbons (Fsp3) is 0.222. The molecule has 0 radical (unpaired) electrons. The van der Waals surface area contributed by atoms with Gasteiger partial charge in [0.1, 0.15) is 19.0 Å². The highest BCUT2D eigenvalue weighted by atomic mass is 35.5. The number of hydrogen-bond donors (Lipinski definition) is 2. The highest BCUT2D eigenvalue weighted by Crippen LogP contribution is 2.38. The maximum atomic E-state index is 12.2. The Labute approximate surface area is 149 Å². The summed E-state index contributed by atoms with van der Waals surface area (Å²) in [6.45, 7) is 1.29. The molecule has 25 heavy (non-hydrogen) atoms. The van der Waals surface area contributed by atoms with Crippen molar-refractivity contribution in [2.45, 2.75) is 13.0 Å². The van der Waals surface area contributed by atoms with Crippen LogP contribution in [-0.4, -0.2) is 29.1 Å². The van der Waals surface area contributed by atoms with Gasteiger partial charge in [-0.2, -0.15) is 0 Å². The Hall–Kier alpha value is -2.73. The molecule has 0 saturated carbocycles. The van der Waals surface area contributed by atoms with E-state index >= 15 is 0 Å². The summed E-state index contributed by atoms with van der Waals surface area (Å²) in [6.07, 6.45) is 0.205. The van der Waals surface area contributed by atoms with Gasteiger partial charge >= 0.3 is 0 Å². The summed E-state index contributed by atoms with van der Waals surface area (Å²) >= 11 is 6.20. The molecule has 3 aromatic rings. The van der Waals surface area contributed by atoms with Crippen LogP contribution >= 0.6 is 11.6 Å². The molecule has 0 aliphatic carbocycles. The predicted molar refractivity (Wildman–Crippen MR) is 94.1 cm³/mol. The second-order valence-electron chi connectivity index (χ2n) is 5.76. The zero-order chi connectivity index (χ0) is 17.2. The van der Waals surface area contributed by atoms with Crippen molar-refractivity contribution in [1.82, 2.24) is 15.3 Å². The highest BCUT2D eigenvalue weighted by Gasteiger charge is 2.17. The van der Waals surface area contributed by atoms with Gasteiger partial charge in [0.05, 0.1) is 29.0 Å². The molecule has 0 unspecified atom stereocenters. The number of halogens is 1. The number of H-pyrrole nitrogens is 1. The van der Waals surface area contributed by atoms with Gasteiger partial charge in [-0.3, -0.25) is 4.79 Å². The van der Waals surface area contributed by atoms with E-state index in [4.69, 9.17) is 21.1 Å². The number of aromatic amines is 1.